The second-order valence-electron chi connectivity index (χ2n) is 9.00. The molecule has 0 amide bonds. The summed E-state index contributed by atoms with van der Waals surface area (Å²) in [6, 6.07) is 31.1. The topological polar surface area (TPSA) is 82.7 Å². The summed E-state index contributed by atoms with van der Waals surface area (Å²) >= 11 is 6.09. The van der Waals surface area contributed by atoms with E-state index in [4.69, 9.17) is 11.6 Å². The Hall–Kier alpha value is -4.60. The minimum Gasteiger partial charge on any atom is -0.384 e. The predicted octanol–water partition coefficient (Wildman–Crippen LogP) is 7.00. The lowest BCUT2D eigenvalue weighted by Gasteiger charge is -2.12. The van der Waals surface area contributed by atoms with Crippen molar-refractivity contribution in [1.82, 2.24) is 9.78 Å². The maximum absolute atomic E-state index is 13.3. The number of carbonyl (C=O) groups excluding carboxylic acids is 1. The van der Waals surface area contributed by atoms with Crippen molar-refractivity contribution < 1.29 is 4.79 Å². The van der Waals surface area contributed by atoms with Crippen LogP contribution in [-0.4, -0.2) is 28.7 Å². The van der Waals surface area contributed by atoms with E-state index in [9.17, 15) is 10.1 Å². The average molecular weight is 520 g/mol. The standard InChI is InChI=1S/C31H26ClN5O/c1-21-10-12-23(13-11-21)30(38)29-27(20-33)31(37(36-29)25-16-14-24(32)15-17-25)35-19-5-18-34-28-9-4-7-22-6-2-3-8-26(22)28/h2-4,6-17,34-35H,5,18-19H2,1H3. The van der Waals surface area contributed by atoms with Gasteiger partial charge in [-0.15, -0.1) is 0 Å². The van der Waals surface area contributed by atoms with Crippen molar-refractivity contribution in [2.45, 2.75) is 13.3 Å². The highest BCUT2D eigenvalue weighted by molar-refractivity contribution is 6.30. The van der Waals surface area contributed by atoms with Gasteiger partial charge in [0.25, 0.3) is 0 Å². The lowest BCUT2D eigenvalue weighted by atomic mass is 10.0. The van der Waals surface area contributed by atoms with Crippen molar-refractivity contribution in [2.24, 2.45) is 0 Å². The van der Waals surface area contributed by atoms with Crippen molar-refractivity contribution in [3.63, 3.8) is 0 Å². The van der Waals surface area contributed by atoms with Gasteiger partial charge in [0, 0.05) is 34.7 Å². The second-order valence-corrected chi connectivity index (χ2v) is 9.44. The number of anilines is 2. The molecule has 188 valence electrons. The zero-order valence-corrected chi connectivity index (χ0v) is 21.7. The number of nitrogens with zero attached hydrogens (tertiary/aromatic N) is 3. The van der Waals surface area contributed by atoms with Crippen molar-refractivity contribution in [2.75, 3.05) is 23.7 Å². The van der Waals surface area contributed by atoms with Gasteiger partial charge in [-0.25, -0.2) is 4.68 Å². The monoisotopic (exact) mass is 519 g/mol. The Bertz CT molecular complexity index is 1630. The molecule has 2 N–H and O–H groups in total. The quantitative estimate of drug-likeness (QED) is 0.162. The molecule has 0 unspecified atom stereocenters. The Balaban J connectivity index is 1.37. The largest absolute Gasteiger partial charge is 0.384 e. The number of aryl methyl sites for hydroxylation is 1. The lowest BCUT2D eigenvalue weighted by Crippen LogP contribution is -2.12. The zero-order valence-electron chi connectivity index (χ0n) is 20.9. The van der Waals surface area contributed by atoms with Crippen LogP contribution >= 0.6 is 11.6 Å². The van der Waals surface area contributed by atoms with Crippen molar-refractivity contribution in [3.8, 4) is 11.8 Å². The number of halogens is 1. The molecule has 6 nitrogen and oxygen atoms in total. The highest BCUT2D eigenvalue weighted by atomic mass is 35.5. The molecule has 0 aliphatic rings. The molecule has 4 aromatic carbocycles. The first-order valence-corrected chi connectivity index (χ1v) is 12.8. The first kappa shape index (κ1) is 25.1. The van der Waals surface area contributed by atoms with Crippen LogP contribution in [0, 0.1) is 18.3 Å². The molecule has 0 radical (unpaired) electrons. The zero-order chi connectivity index (χ0) is 26.5. The molecule has 0 saturated carbocycles. The third-order valence-electron chi connectivity index (χ3n) is 6.35. The van der Waals surface area contributed by atoms with Crippen molar-refractivity contribution in [3.05, 3.63) is 118 Å². The summed E-state index contributed by atoms with van der Waals surface area (Å²) in [7, 11) is 0. The number of aromatic nitrogens is 2. The molecule has 38 heavy (non-hydrogen) atoms. The summed E-state index contributed by atoms with van der Waals surface area (Å²) in [4.78, 5) is 13.3. The smallest absolute Gasteiger partial charge is 0.214 e. The number of hydrogen-bond donors (Lipinski definition) is 2. The van der Waals surface area contributed by atoms with Gasteiger partial charge in [0.1, 0.15) is 17.5 Å². The molecular formula is C31H26ClN5O. The van der Waals surface area contributed by atoms with Gasteiger partial charge in [-0.05, 0) is 49.1 Å². The lowest BCUT2D eigenvalue weighted by molar-refractivity contribution is 0.103. The number of fused-ring (bicyclic) bond motifs is 1. The van der Waals surface area contributed by atoms with Crippen LogP contribution in [0.2, 0.25) is 5.02 Å². The van der Waals surface area contributed by atoms with Gasteiger partial charge in [0.05, 0.1) is 5.69 Å². The molecule has 0 aliphatic heterocycles. The minimum absolute atomic E-state index is 0.114. The van der Waals surface area contributed by atoms with Gasteiger partial charge in [-0.3, -0.25) is 4.79 Å². The van der Waals surface area contributed by atoms with Crippen molar-refractivity contribution >= 4 is 39.7 Å². The molecular weight excluding hydrogens is 494 g/mol. The Morgan fingerprint density at radius 2 is 1.63 bits per heavy atom. The molecule has 0 saturated heterocycles. The normalized spacial score (nSPS) is 10.8. The van der Waals surface area contributed by atoms with E-state index in [1.807, 2.05) is 49.4 Å². The van der Waals surface area contributed by atoms with Gasteiger partial charge in [0.15, 0.2) is 5.69 Å². The SMILES string of the molecule is Cc1ccc(C(=O)c2nn(-c3ccc(Cl)cc3)c(NCCCNc3cccc4ccccc34)c2C#N)cc1. The fourth-order valence-electron chi connectivity index (χ4n) is 4.35. The number of nitrogens with one attached hydrogen (secondary N) is 2. The summed E-state index contributed by atoms with van der Waals surface area (Å²) < 4.78 is 1.61. The molecule has 7 heteroatoms. The van der Waals surface area contributed by atoms with Crippen LogP contribution in [0.3, 0.4) is 0 Å². The molecule has 0 atom stereocenters. The van der Waals surface area contributed by atoms with Gasteiger partial charge in [-0.1, -0.05) is 77.8 Å². The number of benzene rings is 4. The first-order valence-electron chi connectivity index (χ1n) is 12.4. The molecule has 0 bridgehead atoms. The fraction of sp³-hybridized carbons (Fsp3) is 0.129. The average Bonchev–Trinajstić information content (AvgIpc) is 3.31. The molecule has 1 heterocycles. The summed E-state index contributed by atoms with van der Waals surface area (Å²) in [5.74, 6) is 0.186. The van der Waals surface area contributed by atoms with E-state index in [-0.39, 0.29) is 17.0 Å². The molecule has 5 rings (SSSR count). The summed E-state index contributed by atoms with van der Waals surface area (Å²) in [6.45, 7) is 3.26. The predicted molar refractivity (Wildman–Crippen MR) is 153 cm³/mol. The highest BCUT2D eigenvalue weighted by Crippen LogP contribution is 2.27. The Morgan fingerprint density at radius 3 is 2.39 bits per heavy atom. The van der Waals surface area contributed by atoms with E-state index in [2.05, 4.69) is 46.1 Å². The maximum Gasteiger partial charge on any atom is 0.214 e. The number of nitriles is 1. The molecule has 0 spiro atoms. The number of hydrogen-bond acceptors (Lipinski definition) is 5. The summed E-state index contributed by atoms with van der Waals surface area (Å²) in [5.41, 5.74) is 3.64. The van der Waals surface area contributed by atoms with Crippen LogP contribution in [0.5, 0.6) is 0 Å². The highest BCUT2D eigenvalue weighted by Gasteiger charge is 2.25. The van der Waals surface area contributed by atoms with Gasteiger partial charge >= 0.3 is 0 Å². The second kappa shape index (κ2) is 11.2. The Labute approximate surface area is 226 Å². The van der Waals surface area contributed by atoms with Gasteiger partial charge in [0.2, 0.25) is 5.78 Å². The Kier molecular flexibility index (Phi) is 7.39. The molecule has 1 aromatic heterocycles. The molecule has 5 aromatic rings. The third-order valence-corrected chi connectivity index (χ3v) is 6.60. The number of rotatable bonds is 9. The van der Waals surface area contributed by atoms with Crippen LogP contribution in [0.4, 0.5) is 11.5 Å². The number of carbonyl (C=O) groups is 1. The van der Waals surface area contributed by atoms with Crippen LogP contribution < -0.4 is 10.6 Å². The maximum atomic E-state index is 13.3. The van der Waals surface area contributed by atoms with Crippen LogP contribution in [0.15, 0.2) is 91.0 Å². The van der Waals surface area contributed by atoms with Crippen molar-refractivity contribution in [1.29, 1.82) is 5.26 Å². The third kappa shape index (κ3) is 5.24. The van der Waals surface area contributed by atoms with E-state index >= 15 is 0 Å². The van der Waals surface area contributed by atoms with E-state index in [0.29, 0.717) is 28.6 Å². The van der Waals surface area contributed by atoms with E-state index in [1.54, 1.807) is 28.9 Å². The van der Waals surface area contributed by atoms with Gasteiger partial charge < -0.3 is 10.6 Å². The molecule has 0 fully saturated rings. The van der Waals surface area contributed by atoms with Crippen LogP contribution in [0.25, 0.3) is 16.5 Å². The van der Waals surface area contributed by atoms with Gasteiger partial charge in [-0.2, -0.15) is 10.4 Å². The molecule has 0 aliphatic carbocycles. The summed E-state index contributed by atoms with van der Waals surface area (Å²) in [5, 5.41) is 24.5. The summed E-state index contributed by atoms with van der Waals surface area (Å²) in [6.07, 6.45) is 0.779. The Morgan fingerprint density at radius 1 is 0.921 bits per heavy atom. The minimum atomic E-state index is -0.296. The van der Waals surface area contributed by atoms with Crippen LogP contribution in [-0.2, 0) is 0 Å². The fourth-order valence-corrected chi connectivity index (χ4v) is 4.48. The van der Waals surface area contributed by atoms with Crippen LogP contribution in [0.1, 0.15) is 33.6 Å². The van der Waals surface area contributed by atoms with E-state index < -0.39 is 0 Å². The van der Waals surface area contributed by atoms with E-state index in [0.717, 1.165) is 24.2 Å². The first-order chi connectivity index (χ1) is 18.5. The van der Waals surface area contributed by atoms with E-state index in [1.165, 1.54) is 10.8 Å². The number of ketones is 1.